The Morgan fingerprint density at radius 3 is 1.23 bits per heavy atom. The first-order chi connectivity index (χ1) is 34.8. The molecule has 2 atom stereocenters. The zero-order chi connectivity index (χ0) is 48.3. The van der Waals surface area contributed by atoms with Crippen LogP contribution in [0.1, 0.15) is 89.6 Å². The number of benzene rings is 4. The molecule has 2 amide bonds. The molecule has 7 aliphatic heterocycles. The quantitative estimate of drug-likeness (QED) is 0.196. The standard InChI is InChI=1S/C57H66N8O6/c1-60-18-22-62(23-19-60)44-14-10-40(11-15-44)42-30-46-36-58-50-34-54-52(32-48(50)56(66)64(46)38-42)68-26-7-5-3-4-6-8-27-69-53-33-49-51(35-55(53)71-29-9-28-70-54)59-37-47-31-43(39-65(47)57(49)67)41-12-16-45(17-13-41)63-24-20-61(2)21-25-63/h10-17,32-39,46-47H,3-9,18-31H2,1-2H3/t46-,47-/m0/s1. The number of nitrogens with zero attached hydrogens (tertiary/aromatic N) is 8. The summed E-state index contributed by atoms with van der Waals surface area (Å²) in [6, 6.07) is 24.5. The van der Waals surface area contributed by atoms with Crippen LogP contribution in [0.3, 0.4) is 0 Å². The highest BCUT2D eigenvalue weighted by molar-refractivity contribution is 6.06. The first-order valence-corrected chi connectivity index (χ1v) is 25.9. The van der Waals surface area contributed by atoms with Crippen LogP contribution in [0.4, 0.5) is 22.7 Å². The average molecular weight is 959 g/mol. The van der Waals surface area contributed by atoms with Gasteiger partial charge in [0.2, 0.25) is 0 Å². The molecule has 0 N–H and O–H groups in total. The Balaban J connectivity index is 0.765. The Hall–Kier alpha value is -6.64. The SMILES string of the molecule is CN1CCN(c2ccc(C3=CN4C(=O)c5cc6c(cc5N=C[C@@H]4C3)OCCCOc3cc4c(cc3OCCCCCCCCO6)C(=O)N3C=C(c5ccc(N6CCN(C)CC6)cc5)C[C@H]3C=N4)cc2)CC1. The van der Waals surface area contributed by atoms with Crippen LogP contribution in [0.15, 0.2) is 95.2 Å². The predicted molar refractivity (Wildman–Crippen MR) is 281 cm³/mol. The van der Waals surface area contributed by atoms with E-state index >= 15 is 0 Å². The summed E-state index contributed by atoms with van der Waals surface area (Å²) in [5.41, 5.74) is 9.08. The van der Waals surface area contributed by atoms with Gasteiger partial charge in [0.15, 0.2) is 23.0 Å². The van der Waals surface area contributed by atoms with Crippen molar-refractivity contribution in [1.82, 2.24) is 19.6 Å². The monoisotopic (exact) mass is 959 g/mol. The van der Waals surface area contributed by atoms with E-state index in [2.05, 4.69) is 82.2 Å². The van der Waals surface area contributed by atoms with Gasteiger partial charge in [-0.05, 0) is 85.6 Å². The number of hydrogen-bond acceptors (Lipinski definition) is 12. The Morgan fingerprint density at radius 2 is 0.817 bits per heavy atom. The molecule has 0 unspecified atom stereocenters. The number of rotatable bonds is 4. The number of carbonyl (C=O) groups is 2. The van der Waals surface area contributed by atoms with Gasteiger partial charge in [-0.3, -0.25) is 19.6 Å². The molecule has 0 saturated carbocycles. The largest absolute Gasteiger partial charge is 0.490 e. The van der Waals surface area contributed by atoms with Crippen molar-refractivity contribution >= 4 is 58.1 Å². The summed E-state index contributed by atoms with van der Waals surface area (Å²) in [5.74, 6) is 1.97. The minimum atomic E-state index is -0.187. The molecule has 0 aliphatic carbocycles. The Morgan fingerprint density at radius 1 is 0.451 bits per heavy atom. The lowest BCUT2D eigenvalue weighted by atomic mass is 10.0. The topological polar surface area (TPSA) is 115 Å². The van der Waals surface area contributed by atoms with E-state index in [0.29, 0.717) is 91.2 Å². The molecule has 7 heterocycles. The van der Waals surface area contributed by atoms with E-state index < -0.39 is 0 Å². The van der Waals surface area contributed by atoms with Crippen LogP contribution in [-0.2, 0) is 0 Å². The normalized spacial score (nSPS) is 22.5. The molecule has 14 heteroatoms. The van der Waals surface area contributed by atoms with E-state index in [9.17, 15) is 9.59 Å². The fourth-order valence-electron chi connectivity index (χ4n) is 10.6. The number of hydrogen-bond donors (Lipinski definition) is 0. The van der Waals surface area contributed by atoms with E-state index in [4.69, 9.17) is 28.9 Å². The van der Waals surface area contributed by atoms with Crippen LogP contribution in [-0.4, -0.2) is 149 Å². The van der Waals surface area contributed by atoms with Gasteiger partial charge >= 0.3 is 0 Å². The maximum atomic E-state index is 14.3. The van der Waals surface area contributed by atoms with Crippen LogP contribution in [0.25, 0.3) is 11.1 Å². The second kappa shape index (κ2) is 21.0. The minimum Gasteiger partial charge on any atom is -0.490 e. The summed E-state index contributed by atoms with van der Waals surface area (Å²) >= 11 is 0. The fourth-order valence-corrected chi connectivity index (χ4v) is 10.6. The molecule has 0 bridgehead atoms. The van der Waals surface area contributed by atoms with Crippen LogP contribution < -0.4 is 28.7 Å². The fraction of sp³-hybridized carbons (Fsp3) is 0.439. The summed E-state index contributed by atoms with van der Waals surface area (Å²) in [7, 11) is 4.34. The smallest absolute Gasteiger partial charge is 0.260 e. The molecule has 2 saturated heterocycles. The lowest BCUT2D eigenvalue weighted by molar-refractivity contribution is 0.0809. The first kappa shape index (κ1) is 46.7. The molecule has 0 radical (unpaired) electrons. The zero-order valence-corrected chi connectivity index (χ0v) is 41.3. The number of likely N-dealkylation sites (N-methyl/N-ethyl adjacent to an activating group) is 2. The number of aliphatic imine (C=N–C) groups is 2. The molecule has 11 rings (SSSR count). The van der Waals surface area contributed by atoms with Crippen LogP contribution in [0, 0.1) is 0 Å². The van der Waals surface area contributed by atoms with Gasteiger partial charge in [-0.1, -0.05) is 49.9 Å². The van der Waals surface area contributed by atoms with E-state index in [1.54, 1.807) is 0 Å². The van der Waals surface area contributed by atoms with E-state index in [-0.39, 0.29) is 23.9 Å². The van der Waals surface area contributed by atoms with E-state index in [0.717, 1.165) is 113 Å². The molecule has 370 valence electrons. The zero-order valence-electron chi connectivity index (χ0n) is 41.3. The maximum absolute atomic E-state index is 14.3. The van der Waals surface area contributed by atoms with E-state index in [1.807, 2.05) is 58.9 Å². The molecular weight excluding hydrogens is 893 g/mol. The van der Waals surface area contributed by atoms with Crippen molar-refractivity contribution in [2.45, 2.75) is 69.9 Å². The average Bonchev–Trinajstić information content (AvgIpc) is 3.98. The highest BCUT2D eigenvalue weighted by atomic mass is 16.5. The highest BCUT2D eigenvalue weighted by Crippen LogP contribution is 2.43. The lowest BCUT2D eigenvalue weighted by Gasteiger charge is -2.34. The van der Waals surface area contributed by atoms with E-state index in [1.165, 1.54) is 11.4 Å². The maximum Gasteiger partial charge on any atom is 0.260 e. The molecule has 2 fully saturated rings. The third-order valence-electron chi connectivity index (χ3n) is 15.1. The van der Waals surface area contributed by atoms with Crippen molar-refractivity contribution in [1.29, 1.82) is 0 Å². The van der Waals surface area contributed by atoms with Crippen LogP contribution >= 0.6 is 0 Å². The van der Waals surface area contributed by atoms with Gasteiger partial charge in [0.25, 0.3) is 11.8 Å². The summed E-state index contributed by atoms with van der Waals surface area (Å²) in [5, 5.41) is 0. The number of carbonyl (C=O) groups excluding carboxylic acids is 2. The van der Waals surface area contributed by atoms with Crippen molar-refractivity contribution < 1.29 is 28.5 Å². The second-order valence-electron chi connectivity index (χ2n) is 20.0. The Bertz CT molecular complexity index is 2530. The van der Waals surface area contributed by atoms with Gasteiger partial charge < -0.3 is 48.3 Å². The van der Waals surface area contributed by atoms with Gasteiger partial charge in [-0.15, -0.1) is 0 Å². The van der Waals surface area contributed by atoms with Gasteiger partial charge in [0, 0.05) is 120 Å². The predicted octanol–water partition coefficient (Wildman–Crippen LogP) is 9.09. The summed E-state index contributed by atoms with van der Waals surface area (Å²) in [6.07, 6.45) is 15.6. The number of anilines is 2. The molecule has 4 aromatic carbocycles. The van der Waals surface area contributed by atoms with Gasteiger partial charge in [-0.2, -0.15) is 0 Å². The molecule has 0 aromatic heterocycles. The lowest BCUT2D eigenvalue weighted by Crippen LogP contribution is -2.44. The van der Waals surface area contributed by atoms with Crippen molar-refractivity contribution in [3.63, 3.8) is 0 Å². The van der Waals surface area contributed by atoms with Crippen molar-refractivity contribution in [2.75, 3.05) is 103 Å². The van der Waals surface area contributed by atoms with Gasteiger partial charge in [0.05, 0.1) is 61.0 Å². The van der Waals surface area contributed by atoms with Gasteiger partial charge in [0.1, 0.15) is 0 Å². The Labute approximate surface area is 417 Å². The second-order valence-corrected chi connectivity index (χ2v) is 20.0. The molecule has 71 heavy (non-hydrogen) atoms. The summed E-state index contributed by atoms with van der Waals surface area (Å²) in [6.45, 7) is 10.0. The molecule has 4 aromatic rings. The Kier molecular flexibility index (Phi) is 13.8. The van der Waals surface area contributed by atoms with Crippen molar-refractivity contribution in [3.8, 4) is 23.0 Å². The number of amides is 2. The number of fused-ring (bicyclic) bond motifs is 6. The molecule has 7 aliphatic rings. The highest BCUT2D eigenvalue weighted by Gasteiger charge is 2.35. The summed E-state index contributed by atoms with van der Waals surface area (Å²) in [4.78, 5) is 51.7. The third kappa shape index (κ3) is 10.3. The van der Waals surface area contributed by atoms with Crippen molar-refractivity contribution in [2.24, 2.45) is 9.98 Å². The van der Waals surface area contributed by atoms with Crippen molar-refractivity contribution in [3.05, 3.63) is 107 Å². The first-order valence-electron chi connectivity index (χ1n) is 25.9. The minimum absolute atomic E-state index is 0.101. The number of ether oxygens (including phenoxy) is 4. The molecular formula is C57H66N8O6. The van der Waals surface area contributed by atoms with Gasteiger partial charge in [-0.25, -0.2) is 0 Å². The number of piperazine rings is 2. The third-order valence-corrected chi connectivity index (χ3v) is 15.1. The van der Waals surface area contributed by atoms with Crippen LogP contribution in [0.5, 0.6) is 23.0 Å². The van der Waals surface area contributed by atoms with Crippen LogP contribution in [0.2, 0.25) is 0 Å². The molecule has 14 nitrogen and oxygen atoms in total. The molecule has 0 spiro atoms. The summed E-state index contributed by atoms with van der Waals surface area (Å²) < 4.78 is 25.6.